The number of pyridine rings is 1. The summed E-state index contributed by atoms with van der Waals surface area (Å²) in [5, 5.41) is 0.554. The van der Waals surface area contributed by atoms with Gasteiger partial charge in [-0.05, 0) is 24.6 Å². The summed E-state index contributed by atoms with van der Waals surface area (Å²) in [7, 11) is 0. The minimum Gasteiger partial charge on any atom is -0.283 e. The van der Waals surface area contributed by atoms with Crippen molar-refractivity contribution in [3.8, 4) is 5.69 Å². The van der Waals surface area contributed by atoms with Crippen LogP contribution in [-0.4, -0.2) is 4.57 Å². The minimum absolute atomic E-state index is 0.0753. The lowest BCUT2D eigenvalue weighted by atomic mass is 10.2. The summed E-state index contributed by atoms with van der Waals surface area (Å²) >= 11 is 5.86. The maximum Gasteiger partial charge on any atom is 0.255 e. The van der Waals surface area contributed by atoms with E-state index in [1.165, 1.54) is 6.07 Å². The summed E-state index contributed by atoms with van der Waals surface area (Å²) in [6, 6.07) is 10.8. The first-order valence-electron chi connectivity index (χ1n) is 4.63. The van der Waals surface area contributed by atoms with Gasteiger partial charge in [0.2, 0.25) is 0 Å². The van der Waals surface area contributed by atoms with Crippen molar-refractivity contribution >= 4 is 11.6 Å². The zero-order valence-corrected chi connectivity index (χ0v) is 9.03. The maximum atomic E-state index is 11.6. The molecule has 0 amide bonds. The zero-order chi connectivity index (χ0) is 10.8. The van der Waals surface area contributed by atoms with Gasteiger partial charge >= 0.3 is 0 Å². The minimum atomic E-state index is -0.0753. The predicted octanol–water partition coefficient (Wildman–Crippen LogP) is 2.80. The molecule has 1 aromatic carbocycles. The van der Waals surface area contributed by atoms with Gasteiger partial charge < -0.3 is 0 Å². The summed E-state index contributed by atoms with van der Waals surface area (Å²) in [4.78, 5) is 11.6. The van der Waals surface area contributed by atoms with Crippen molar-refractivity contribution in [3.63, 3.8) is 0 Å². The molecule has 76 valence electrons. The molecule has 0 aliphatic heterocycles. The van der Waals surface area contributed by atoms with Crippen LogP contribution in [-0.2, 0) is 0 Å². The molecule has 0 saturated carbocycles. The van der Waals surface area contributed by atoms with Crippen LogP contribution in [0.15, 0.2) is 47.4 Å². The highest BCUT2D eigenvalue weighted by Crippen LogP contribution is 2.13. The first-order valence-corrected chi connectivity index (χ1v) is 5.00. The quantitative estimate of drug-likeness (QED) is 0.723. The molecule has 2 aromatic rings. The van der Waals surface area contributed by atoms with Crippen LogP contribution >= 0.6 is 11.6 Å². The van der Waals surface area contributed by atoms with Crippen LogP contribution in [0.1, 0.15) is 5.56 Å². The number of aryl methyl sites for hydroxylation is 1. The Bertz CT molecular complexity index is 545. The van der Waals surface area contributed by atoms with E-state index in [0.29, 0.717) is 5.02 Å². The van der Waals surface area contributed by atoms with Gasteiger partial charge in [-0.25, -0.2) is 0 Å². The van der Waals surface area contributed by atoms with E-state index in [2.05, 4.69) is 0 Å². The molecular weight excluding hydrogens is 210 g/mol. The lowest BCUT2D eigenvalue weighted by molar-refractivity contribution is 0.978. The Labute approximate surface area is 92.7 Å². The SMILES string of the molecule is Cc1ccccc1-n1cc(Cl)ccc1=O. The number of benzene rings is 1. The molecule has 2 rings (SSSR count). The molecule has 0 aliphatic rings. The summed E-state index contributed by atoms with van der Waals surface area (Å²) in [5.41, 5.74) is 1.83. The molecule has 0 N–H and O–H groups in total. The van der Waals surface area contributed by atoms with Gasteiger partial charge in [0, 0.05) is 12.3 Å². The number of rotatable bonds is 1. The van der Waals surface area contributed by atoms with Gasteiger partial charge in [-0.1, -0.05) is 29.8 Å². The zero-order valence-electron chi connectivity index (χ0n) is 8.27. The fourth-order valence-corrected chi connectivity index (χ4v) is 1.64. The Morgan fingerprint density at radius 2 is 1.87 bits per heavy atom. The number of para-hydroxylation sites is 1. The number of nitrogens with zero attached hydrogens (tertiary/aromatic N) is 1. The molecule has 0 aliphatic carbocycles. The highest BCUT2D eigenvalue weighted by Gasteiger charge is 2.02. The molecule has 0 saturated heterocycles. The van der Waals surface area contributed by atoms with E-state index in [-0.39, 0.29) is 5.56 Å². The molecule has 15 heavy (non-hydrogen) atoms. The summed E-state index contributed by atoms with van der Waals surface area (Å²) in [6.07, 6.45) is 1.63. The Morgan fingerprint density at radius 1 is 1.13 bits per heavy atom. The summed E-state index contributed by atoms with van der Waals surface area (Å²) in [5.74, 6) is 0. The molecule has 0 atom stereocenters. The third-order valence-electron chi connectivity index (χ3n) is 2.25. The van der Waals surface area contributed by atoms with Crippen LogP contribution in [0.4, 0.5) is 0 Å². The van der Waals surface area contributed by atoms with Gasteiger partial charge in [-0.15, -0.1) is 0 Å². The number of halogens is 1. The third kappa shape index (κ3) is 1.95. The average Bonchev–Trinajstić information content (AvgIpc) is 2.23. The second kappa shape index (κ2) is 3.91. The fraction of sp³-hybridized carbons (Fsp3) is 0.0833. The van der Waals surface area contributed by atoms with Crippen LogP contribution in [0.5, 0.6) is 0 Å². The lowest BCUT2D eigenvalue weighted by Crippen LogP contribution is -2.16. The van der Waals surface area contributed by atoms with Crippen molar-refractivity contribution in [2.45, 2.75) is 6.92 Å². The van der Waals surface area contributed by atoms with Crippen molar-refractivity contribution in [3.05, 3.63) is 63.5 Å². The second-order valence-corrected chi connectivity index (χ2v) is 3.78. The molecular formula is C12H10ClNO. The Balaban J connectivity index is 2.69. The van der Waals surface area contributed by atoms with E-state index in [1.807, 2.05) is 31.2 Å². The molecule has 0 unspecified atom stereocenters. The lowest BCUT2D eigenvalue weighted by Gasteiger charge is -2.08. The highest BCUT2D eigenvalue weighted by molar-refractivity contribution is 6.30. The largest absolute Gasteiger partial charge is 0.283 e. The van der Waals surface area contributed by atoms with E-state index in [0.717, 1.165) is 11.3 Å². The van der Waals surface area contributed by atoms with E-state index in [4.69, 9.17) is 11.6 Å². The van der Waals surface area contributed by atoms with Crippen molar-refractivity contribution in [2.24, 2.45) is 0 Å². The second-order valence-electron chi connectivity index (χ2n) is 3.34. The Hall–Kier alpha value is -1.54. The number of hydrogen-bond acceptors (Lipinski definition) is 1. The van der Waals surface area contributed by atoms with Crippen molar-refractivity contribution < 1.29 is 0 Å². The molecule has 0 bridgehead atoms. The van der Waals surface area contributed by atoms with Crippen LogP contribution in [0.3, 0.4) is 0 Å². The van der Waals surface area contributed by atoms with Crippen molar-refractivity contribution in [1.29, 1.82) is 0 Å². The van der Waals surface area contributed by atoms with Gasteiger partial charge in [0.25, 0.3) is 5.56 Å². The molecule has 3 heteroatoms. The first kappa shape index (κ1) is 9.99. The monoisotopic (exact) mass is 219 g/mol. The summed E-state index contributed by atoms with van der Waals surface area (Å²) < 4.78 is 1.55. The first-order chi connectivity index (χ1) is 7.18. The van der Waals surface area contributed by atoms with Gasteiger partial charge in [-0.3, -0.25) is 9.36 Å². The smallest absolute Gasteiger partial charge is 0.255 e. The highest BCUT2D eigenvalue weighted by atomic mass is 35.5. The van der Waals surface area contributed by atoms with Crippen LogP contribution in [0.25, 0.3) is 5.69 Å². The molecule has 0 radical (unpaired) electrons. The van der Waals surface area contributed by atoms with Gasteiger partial charge in [0.1, 0.15) is 0 Å². The Kier molecular flexibility index (Phi) is 2.60. The Morgan fingerprint density at radius 3 is 2.60 bits per heavy atom. The van der Waals surface area contributed by atoms with Gasteiger partial charge in [0.15, 0.2) is 0 Å². The van der Waals surface area contributed by atoms with E-state index in [9.17, 15) is 4.79 Å². The third-order valence-corrected chi connectivity index (χ3v) is 2.47. The van der Waals surface area contributed by atoms with Crippen LogP contribution < -0.4 is 5.56 Å². The number of aromatic nitrogens is 1. The van der Waals surface area contributed by atoms with Gasteiger partial charge in [0.05, 0.1) is 10.7 Å². The normalized spacial score (nSPS) is 10.3. The molecule has 0 spiro atoms. The van der Waals surface area contributed by atoms with Crippen molar-refractivity contribution in [2.75, 3.05) is 0 Å². The van der Waals surface area contributed by atoms with E-state index in [1.54, 1.807) is 16.8 Å². The topological polar surface area (TPSA) is 22.0 Å². The van der Waals surface area contributed by atoms with Crippen LogP contribution in [0, 0.1) is 6.92 Å². The molecule has 2 nitrogen and oxygen atoms in total. The standard InChI is InChI=1S/C12H10ClNO/c1-9-4-2-3-5-11(9)14-8-10(13)6-7-12(14)15/h2-8H,1H3. The summed E-state index contributed by atoms with van der Waals surface area (Å²) in [6.45, 7) is 1.96. The maximum absolute atomic E-state index is 11.6. The molecule has 1 aromatic heterocycles. The van der Waals surface area contributed by atoms with Crippen molar-refractivity contribution in [1.82, 2.24) is 4.57 Å². The van der Waals surface area contributed by atoms with Crippen LogP contribution in [0.2, 0.25) is 5.02 Å². The predicted molar refractivity (Wildman–Crippen MR) is 61.8 cm³/mol. The molecule has 1 heterocycles. The fourth-order valence-electron chi connectivity index (χ4n) is 1.48. The van der Waals surface area contributed by atoms with Gasteiger partial charge in [-0.2, -0.15) is 0 Å². The van der Waals surface area contributed by atoms with E-state index < -0.39 is 0 Å². The number of hydrogen-bond donors (Lipinski definition) is 0. The van der Waals surface area contributed by atoms with E-state index >= 15 is 0 Å². The average molecular weight is 220 g/mol. The molecule has 0 fully saturated rings.